The smallest absolute Gasteiger partial charge is 0.136 e. The molecule has 0 aliphatic heterocycles. The summed E-state index contributed by atoms with van der Waals surface area (Å²) in [5, 5.41) is 12.3. The Kier molecular flexibility index (Phi) is 5.70. The zero-order valence-corrected chi connectivity index (χ0v) is 27.1. The van der Waals surface area contributed by atoms with Gasteiger partial charge in [-0.05, 0) is 97.0 Å². The summed E-state index contributed by atoms with van der Waals surface area (Å²) < 4.78 is 8.77. The Bertz CT molecular complexity index is 3030. The molecule has 0 spiro atoms. The zero-order chi connectivity index (χ0) is 32.8. The van der Waals surface area contributed by atoms with E-state index in [4.69, 9.17) is 4.42 Å². The number of hydrogen-bond donors (Lipinski definition) is 0. The fourth-order valence-electron chi connectivity index (χ4n) is 8.43. The van der Waals surface area contributed by atoms with Gasteiger partial charge in [-0.15, -0.1) is 0 Å². The highest BCUT2D eigenvalue weighted by Gasteiger charge is 2.19. The SMILES string of the molecule is c1ccc2c(c1)ccc1oc3ccc(-c4c5ccccc5c(-c5ccc(-n6c7ccccc7c7ccccc76)cc5)c5ccccc45)cc3c12. The van der Waals surface area contributed by atoms with E-state index in [2.05, 4.69) is 180 Å². The van der Waals surface area contributed by atoms with Crippen LogP contribution in [0.1, 0.15) is 0 Å². The Hall–Kier alpha value is -6.64. The number of benzene rings is 9. The van der Waals surface area contributed by atoms with Gasteiger partial charge in [0, 0.05) is 27.2 Å². The maximum atomic E-state index is 6.39. The van der Waals surface area contributed by atoms with E-state index < -0.39 is 0 Å². The van der Waals surface area contributed by atoms with Crippen LogP contribution in [-0.2, 0) is 0 Å². The average Bonchev–Trinajstić information content (AvgIpc) is 3.73. The molecule has 0 atom stereocenters. The lowest BCUT2D eigenvalue weighted by Crippen LogP contribution is -1.94. The number of furan rings is 1. The van der Waals surface area contributed by atoms with Crippen LogP contribution in [0.25, 0.3) is 104 Å². The van der Waals surface area contributed by atoms with Gasteiger partial charge in [0.2, 0.25) is 0 Å². The Morgan fingerprint density at radius 1 is 0.340 bits per heavy atom. The van der Waals surface area contributed by atoms with Gasteiger partial charge in [0.15, 0.2) is 0 Å². The van der Waals surface area contributed by atoms with Gasteiger partial charge < -0.3 is 8.98 Å². The third-order valence-electron chi connectivity index (χ3n) is 10.6. The minimum Gasteiger partial charge on any atom is -0.456 e. The number of fused-ring (bicyclic) bond motifs is 10. The van der Waals surface area contributed by atoms with Gasteiger partial charge in [-0.1, -0.05) is 133 Å². The molecule has 0 saturated carbocycles. The molecule has 0 unspecified atom stereocenters. The van der Waals surface area contributed by atoms with E-state index in [0.29, 0.717) is 0 Å². The van der Waals surface area contributed by atoms with E-state index in [9.17, 15) is 0 Å². The number of hydrogen-bond acceptors (Lipinski definition) is 1. The summed E-state index contributed by atoms with van der Waals surface area (Å²) in [6.07, 6.45) is 0. The average molecular weight is 636 g/mol. The van der Waals surface area contributed by atoms with Crippen LogP contribution in [0.3, 0.4) is 0 Å². The zero-order valence-electron chi connectivity index (χ0n) is 27.1. The summed E-state index contributed by atoms with van der Waals surface area (Å²) in [6.45, 7) is 0. The lowest BCUT2D eigenvalue weighted by atomic mass is 9.85. The molecular weight excluding hydrogens is 607 g/mol. The molecule has 11 aromatic rings. The molecule has 232 valence electrons. The maximum absolute atomic E-state index is 6.39. The van der Waals surface area contributed by atoms with Crippen molar-refractivity contribution in [1.29, 1.82) is 0 Å². The summed E-state index contributed by atoms with van der Waals surface area (Å²) in [5.41, 5.74) is 10.3. The van der Waals surface area contributed by atoms with E-state index in [1.54, 1.807) is 0 Å². The predicted molar refractivity (Wildman–Crippen MR) is 211 cm³/mol. The number of aromatic nitrogens is 1. The first kappa shape index (κ1) is 27.3. The van der Waals surface area contributed by atoms with Gasteiger partial charge in [-0.3, -0.25) is 0 Å². The molecule has 0 radical (unpaired) electrons. The first-order valence-electron chi connectivity index (χ1n) is 17.2. The monoisotopic (exact) mass is 635 g/mol. The Morgan fingerprint density at radius 3 is 1.44 bits per heavy atom. The number of rotatable bonds is 3. The molecule has 2 aromatic heterocycles. The van der Waals surface area contributed by atoms with Gasteiger partial charge in [-0.25, -0.2) is 0 Å². The number of nitrogens with zero attached hydrogens (tertiary/aromatic N) is 1. The second kappa shape index (κ2) is 10.4. The van der Waals surface area contributed by atoms with Gasteiger partial charge in [0.05, 0.1) is 11.0 Å². The van der Waals surface area contributed by atoms with Crippen molar-refractivity contribution in [3.8, 4) is 27.9 Å². The molecule has 0 aliphatic rings. The van der Waals surface area contributed by atoms with Crippen molar-refractivity contribution in [3.05, 3.63) is 176 Å². The van der Waals surface area contributed by atoms with E-state index in [0.717, 1.165) is 22.2 Å². The van der Waals surface area contributed by atoms with Crippen LogP contribution >= 0.6 is 0 Å². The van der Waals surface area contributed by atoms with Gasteiger partial charge in [0.25, 0.3) is 0 Å². The summed E-state index contributed by atoms with van der Waals surface area (Å²) in [4.78, 5) is 0. The summed E-state index contributed by atoms with van der Waals surface area (Å²) >= 11 is 0. The van der Waals surface area contributed by atoms with Crippen molar-refractivity contribution in [2.24, 2.45) is 0 Å². The third-order valence-corrected chi connectivity index (χ3v) is 10.6. The Morgan fingerprint density at radius 2 is 0.820 bits per heavy atom. The molecule has 50 heavy (non-hydrogen) atoms. The minimum atomic E-state index is 0.911. The van der Waals surface area contributed by atoms with E-state index in [1.807, 2.05) is 0 Å². The second-order valence-corrected chi connectivity index (χ2v) is 13.2. The fourth-order valence-corrected chi connectivity index (χ4v) is 8.43. The Balaban J connectivity index is 1.14. The van der Waals surface area contributed by atoms with Crippen LogP contribution in [0, 0.1) is 0 Å². The van der Waals surface area contributed by atoms with Crippen molar-refractivity contribution >= 4 is 76.1 Å². The highest BCUT2D eigenvalue weighted by atomic mass is 16.3. The first-order valence-corrected chi connectivity index (χ1v) is 17.2. The highest BCUT2D eigenvalue weighted by molar-refractivity contribution is 6.23. The van der Waals surface area contributed by atoms with Crippen molar-refractivity contribution in [3.63, 3.8) is 0 Å². The predicted octanol–water partition coefficient (Wildman–Crippen LogP) is 13.5. The number of para-hydroxylation sites is 2. The molecule has 0 N–H and O–H groups in total. The van der Waals surface area contributed by atoms with Crippen molar-refractivity contribution in [2.75, 3.05) is 0 Å². The Labute approximate surface area is 288 Å². The largest absolute Gasteiger partial charge is 0.456 e. The summed E-state index contributed by atoms with van der Waals surface area (Å²) in [6, 6.07) is 63.8. The first-order chi connectivity index (χ1) is 24.8. The van der Waals surface area contributed by atoms with Crippen molar-refractivity contribution in [1.82, 2.24) is 4.57 Å². The van der Waals surface area contributed by atoms with Crippen molar-refractivity contribution < 1.29 is 4.42 Å². The highest BCUT2D eigenvalue weighted by Crippen LogP contribution is 2.45. The van der Waals surface area contributed by atoms with Crippen LogP contribution in [0.5, 0.6) is 0 Å². The van der Waals surface area contributed by atoms with Crippen LogP contribution in [0.15, 0.2) is 180 Å². The van der Waals surface area contributed by atoms with E-state index in [-0.39, 0.29) is 0 Å². The lowest BCUT2D eigenvalue weighted by Gasteiger charge is -2.18. The molecule has 0 aliphatic carbocycles. The van der Waals surface area contributed by atoms with E-state index >= 15 is 0 Å². The van der Waals surface area contributed by atoms with Gasteiger partial charge >= 0.3 is 0 Å². The van der Waals surface area contributed by atoms with Crippen LogP contribution < -0.4 is 0 Å². The van der Waals surface area contributed by atoms with Crippen LogP contribution in [-0.4, -0.2) is 4.57 Å². The standard InChI is InChI=1S/C48H29NO/c1-2-12-34-30(11-1)23-28-45-48(34)41-29-32(24-27-44(41)50-45)47-39-17-5-3-15-37(39)46(38-16-4-6-18-40(38)47)31-21-25-33(26-22-31)49-42-19-9-7-13-35(42)36-14-8-10-20-43(36)49/h1-29H. The molecule has 2 heterocycles. The molecule has 0 saturated heterocycles. The lowest BCUT2D eigenvalue weighted by molar-refractivity contribution is 0.669. The molecule has 2 nitrogen and oxygen atoms in total. The van der Waals surface area contributed by atoms with Crippen LogP contribution in [0.4, 0.5) is 0 Å². The molecule has 0 bridgehead atoms. The van der Waals surface area contributed by atoms with Crippen LogP contribution in [0.2, 0.25) is 0 Å². The van der Waals surface area contributed by atoms with Gasteiger partial charge in [0.1, 0.15) is 11.2 Å². The molecule has 11 rings (SSSR count). The quantitative estimate of drug-likeness (QED) is 0.177. The molecule has 2 heteroatoms. The third kappa shape index (κ3) is 3.85. The normalized spacial score (nSPS) is 12.0. The maximum Gasteiger partial charge on any atom is 0.136 e. The molecule has 0 amide bonds. The summed E-state index contributed by atoms with van der Waals surface area (Å²) in [5.74, 6) is 0. The van der Waals surface area contributed by atoms with Crippen molar-refractivity contribution in [2.45, 2.75) is 0 Å². The second-order valence-electron chi connectivity index (χ2n) is 13.2. The fraction of sp³-hybridized carbons (Fsp3) is 0. The minimum absolute atomic E-state index is 0.911. The summed E-state index contributed by atoms with van der Waals surface area (Å²) in [7, 11) is 0. The molecule has 0 fully saturated rings. The van der Waals surface area contributed by atoms with Gasteiger partial charge in [-0.2, -0.15) is 0 Å². The topological polar surface area (TPSA) is 18.1 Å². The molecular formula is C48H29NO. The van der Waals surface area contributed by atoms with E-state index in [1.165, 1.54) is 81.8 Å². The molecule has 9 aromatic carbocycles.